The Kier molecular flexibility index (Phi) is 6.14. The molecule has 0 bridgehead atoms. The van der Waals surface area contributed by atoms with Gasteiger partial charge in [0.25, 0.3) is 0 Å². The van der Waals surface area contributed by atoms with Crippen molar-refractivity contribution in [1.29, 1.82) is 0 Å². The van der Waals surface area contributed by atoms with Gasteiger partial charge < -0.3 is 0 Å². The molecule has 0 aromatic heterocycles. The standard InChI is InChI=1S/C31H33Si/c1-7-23(30(32)25-13-9-8-12-21(25)3)17-16-20(2)24-18-22(4)29-26-14-10-11-15-27(26)31(5,6)28(29)19-24/h7-15,18-19,30H,2,16-17H2,1,3-6H3/b23-7+. The lowest BCUT2D eigenvalue weighted by Crippen LogP contribution is -2.15. The van der Waals surface area contributed by atoms with E-state index in [-0.39, 0.29) is 11.0 Å². The molecule has 1 heteroatoms. The maximum Gasteiger partial charge on any atom is 0.0392 e. The summed E-state index contributed by atoms with van der Waals surface area (Å²) in [5.41, 5.74) is 13.8. The van der Waals surface area contributed by atoms with Gasteiger partial charge in [-0.05, 0) is 95.3 Å². The minimum atomic E-state index is 0.0208. The van der Waals surface area contributed by atoms with Crippen molar-refractivity contribution < 1.29 is 0 Å². The first-order valence-corrected chi connectivity index (χ1v) is 12.2. The van der Waals surface area contributed by atoms with Crippen LogP contribution in [0.1, 0.15) is 72.5 Å². The van der Waals surface area contributed by atoms with Crippen LogP contribution in [0.3, 0.4) is 0 Å². The minimum Gasteiger partial charge on any atom is -0.0952 e. The first-order valence-electron chi connectivity index (χ1n) is 11.6. The van der Waals surface area contributed by atoms with E-state index < -0.39 is 0 Å². The van der Waals surface area contributed by atoms with Crippen LogP contribution in [0.2, 0.25) is 0 Å². The highest BCUT2D eigenvalue weighted by Crippen LogP contribution is 2.50. The Morgan fingerprint density at radius 3 is 2.34 bits per heavy atom. The molecule has 1 unspecified atom stereocenters. The van der Waals surface area contributed by atoms with Gasteiger partial charge in [-0.25, -0.2) is 0 Å². The van der Waals surface area contributed by atoms with E-state index in [4.69, 9.17) is 0 Å². The number of fused-ring (bicyclic) bond motifs is 3. The molecule has 1 atom stereocenters. The molecule has 4 rings (SSSR count). The molecule has 0 aliphatic heterocycles. The van der Waals surface area contributed by atoms with E-state index in [9.17, 15) is 0 Å². The summed E-state index contributed by atoms with van der Waals surface area (Å²) in [7, 11) is 4.02. The smallest absolute Gasteiger partial charge is 0.0392 e. The molecule has 3 radical (unpaired) electrons. The second kappa shape index (κ2) is 8.71. The lowest BCUT2D eigenvalue weighted by molar-refractivity contribution is 0.660. The molecule has 32 heavy (non-hydrogen) atoms. The summed E-state index contributed by atoms with van der Waals surface area (Å²) in [6.07, 6.45) is 4.21. The molecule has 1 aliphatic rings. The van der Waals surface area contributed by atoms with Crippen LogP contribution in [-0.4, -0.2) is 10.2 Å². The number of aryl methyl sites for hydroxylation is 2. The van der Waals surface area contributed by atoms with Crippen molar-refractivity contribution in [3.8, 4) is 11.1 Å². The van der Waals surface area contributed by atoms with Gasteiger partial charge in [0.05, 0.1) is 0 Å². The molecule has 0 saturated heterocycles. The van der Waals surface area contributed by atoms with Gasteiger partial charge in [0.15, 0.2) is 0 Å². The van der Waals surface area contributed by atoms with Crippen LogP contribution in [0.25, 0.3) is 16.7 Å². The highest BCUT2D eigenvalue weighted by molar-refractivity contribution is 6.14. The average molecular weight is 434 g/mol. The number of allylic oxidation sites excluding steroid dienone is 3. The Hall–Kier alpha value is -2.64. The van der Waals surface area contributed by atoms with E-state index in [1.54, 1.807) is 0 Å². The van der Waals surface area contributed by atoms with Gasteiger partial charge in [-0.15, -0.1) is 0 Å². The summed E-state index contributed by atoms with van der Waals surface area (Å²) < 4.78 is 0. The van der Waals surface area contributed by atoms with Crippen molar-refractivity contribution in [2.24, 2.45) is 0 Å². The van der Waals surface area contributed by atoms with Gasteiger partial charge in [-0.1, -0.05) is 86.7 Å². The molecule has 3 aromatic rings. The van der Waals surface area contributed by atoms with E-state index in [0.29, 0.717) is 0 Å². The van der Waals surface area contributed by atoms with E-state index in [0.717, 1.165) is 12.8 Å². The molecule has 0 N–H and O–H groups in total. The van der Waals surface area contributed by atoms with Gasteiger partial charge in [0.2, 0.25) is 0 Å². The summed E-state index contributed by atoms with van der Waals surface area (Å²) in [5, 5.41) is 0. The summed E-state index contributed by atoms with van der Waals surface area (Å²) in [4.78, 5) is 0. The first-order chi connectivity index (χ1) is 15.3. The molecule has 0 spiro atoms. The van der Waals surface area contributed by atoms with E-state index in [1.807, 2.05) is 0 Å². The predicted octanol–water partition coefficient (Wildman–Crippen LogP) is 8.26. The fourth-order valence-electron chi connectivity index (χ4n) is 5.24. The molecular formula is C31H33Si. The highest BCUT2D eigenvalue weighted by Gasteiger charge is 2.36. The second-order valence-electron chi connectivity index (χ2n) is 9.64. The number of hydrogen-bond donors (Lipinski definition) is 0. The summed E-state index contributed by atoms with van der Waals surface area (Å²) in [5.74, 6) is 0. The fraction of sp³-hybridized carbons (Fsp3) is 0.290. The van der Waals surface area contributed by atoms with Gasteiger partial charge in [-0.2, -0.15) is 0 Å². The highest BCUT2D eigenvalue weighted by atomic mass is 28.1. The maximum atomic E-state index is 4.50. The minimum absolute atomic E-state index is 0.0208. The largest absolute Gasteiger partial charge is 0.0952 e. The zero-order valence-electron chi connectivity index (χ0n) is 20.0. The molecule has 0 heterocycles. The monoisotopic (exact) mass is 433 g/mol. The maximum absolute atomic E-state index is 4.50. The Balaban J connectivity index is 1.57. The van der Waals surface area contributed by atoms with Gasteiger partial charge in [-0.3, -0.25) is 0 Å². The number of benzene rings is 3. The molecule has 0 fully saturated rings. The van der Waals surface area contributed by atoms with Crippen LogP contribution < -0.4 is 0 Å². The van der Waals surface area contributed by atoms with Crippen molar-refractivity contribution in [2.45, 2.75) is 58.4 Å². The quantitative estimate of drug-likeness (QED) is 0.271. The van der Waals surface area contributed by atoms with E-state index in [2.05, 4.69) is 118 Å². The van der Waals surface area contributed by atoms with E-state index >= 15 is 0 Å². The molecule has 0 saturated carbocycles. The topological polar surface area (TPSA) is 0 Å². The van der Waals surface area contributed by atoms with Gasteiger partial charge in [0, 0.05) is 15.7 Å². The molecule has 0 nitrogen and oxygen atoms in total. The third kappa shape index (κ3) is 3.84. The van der Waals surface area contributed by atoms with Crippen molar-refractivity contribution in [1.82, 2.24) is 0 Å². The number of hydrogen-bond acceptors (Lipinski definition) is 0. The van der Waals surface area contributed by atoms with Crippen LogP contribution in [0, 0.1) is 13.8 Å². The molecule has 1 aliphatic carbocycles. The summed E-state index contributed by atoms with van der Waals surface area (Å²) >= 11 is 0. The SMILES string of the molecule is C=C(CC/C(=C\C)C([Si])c1ccccc1C)c1cc(C)c2c(c1)C(C)(C)c1ccccc1-2. The third-order valence-electron chi connectivity index (χ3n) is 7.24. The lowest BCUT2D eigenvalue weighted by Gasteiger charge is -2.23. The van der Waals surface area contributed by atoms with Crippen molar-refractivity contribution in [3.63, 3.8) is 0 Å². The Morgan fingerprint density at radius 1 is 0.938 bits per heavy atom. The molecule has 0 amide bonds. The average Bonchev–Trinajstić information content (AvgIpc) is 3.01. The summed E-state index contributed by atoms with van der Waals surface area (Å²) in [6, 6.07) is 22.2. The predicted molar refractivity (Wildman–Crippen MR) is 140 cm³/mol. The van der Waals surface area contributed by atoms with Crippen LogP contribution in [0.15, 0.2) is 78.9 Å². The normalized spacial score (nSPS) is 15.2. The van der Waals surface area contributed by atoms with Crippen LogP contribution in [-0.2, 0) is 5.41 Å². The first kappa shape index (κ1) is 22.5. The Morgan fingerprint density at radius 2 is 1.62 bits per heavy atom. The van der Waals surface area contributed by atoms with Crippen molar-refractivity contribution in [2.75, 3.05) is 0 Å². The summed E-state index contributed by atoms with van der Waals surface area (Å²) in [6.45, 7) is 15.8. The van der Waals surface area contributed by atoms with Gasteiger partial charge in [0.1, 0.15) is 0 Å². The lowest BCUT2D eigenvalue weighted by atomic mass is 9.81. The van der Waals surface area contributed by atoms with Crippen LogP contribution in [0.5, 0.6) is 0 Å². The number of rotatable bonds is 6. The zero-order valence-corrected chi connectivity index (χ0v) is 21.0. The second-order valence-corrected chi connectivity index (χ2v) is 10.2. The third-order valence-corrected chi connectivity index (χ3v) is 7.93. The van der Waals surface area contributed by atoms with Crippen molar-refractivity contribution in [3.05, 3.63) is 112 Å². The molecular weight excluding hydrogens is 400 g/mol. The van der Waals surface area contributed by atoms with Crippen LogP contribution in [0.4, 0.5) is 0 Å². The zero-order chi connectivity index (χ0) is 23.0. The van der Waals surface area contributed by atoms with Crippen molar-refractivity contribution >= 4 is 15.8 Å². The Labute approximate surface area is 197 Å². The van der Waals surface area contributed by atoms with Gasteiger partial charge >= 0.3 is 0 Å². The molecule has 3 aromatic carbocycles. The molecule has 161 valence electrons. The Bertz CT molecular complexity index is 1210. The fourth-order valence-corrected chi connectivity index (χ4v) is 5.87. The van der Waals surface area contributed by atoms with E-state index in [1.165, 1.54) is 55.7 Å². The van der Waals surface area contributed by atoms with Crippen LogP contribution >= 0.6 is 0 Å².